The second-order valence-corrected chi connectivity index (χ2v) is 14.4. The molecule has 18 nitrogen and oxygen atoms in total. The molecule has 57 heavy (non-hydrogen) atoms. The van der Waals surface area contributed by atoms with E-state index in [0.29, 0.717) is 42.1 Å². The number of benzene rings is 2. The lowest BCUT2D eigenvalue weighted by Crippen LogP contribution is -2.50. The summed E-state index contributed by atoms with van der Waals surface area (Å²) in [5.74, 6) is -0.131. The van der Waals surface area contributed by atoms with Gasteiger partial charge in [0.1, 0.15) is 29.5 Å². The summed E-state index contributed by atoms with van der Waals surface area (Å²) in [7, 11) is 0. The predicted molar refractivity (Wildman–Crippen MR) is 212 cm³/mol. The largest absolute Gasteiger partial charge is 0.459 e. The van der Waals surface area contributed by atoms with Crippen molar-refractivity contribution >= 4 is 65.0 Å². The summed E-state index contributed by atoms with van der Waals surface area (Å²) in [6.45, 7) is 14.2. The molecule has 0 aliphatic carbocycles. The number of esters is 1. The van der Waals surface area contributed by atoms with Crippen LogP contribution in [0.1, 0.15) is 45.7 Å². The van der Waals surface area contributed by atoms with E-state index in [9.17, 15) is 24.0 Å². The molecule has 0 saturated carbocycles. The minimum Gasteiger partial charge on any atom is -0.459 e. The number of ether oxygens (including phenoxy) is 5. The molecule has 3 saturated heterocycles. The lowest BCUT2D eigenvalue weighted by molar-refractivity contribution is -0.156. The van der Waals surface area contributed by atoms with E-state index in [2.05, 4.69) is 20.4 Å². The molecule has 19 heteroatoms. The highest BCUT2D eigenvalue weighted by molar-refractivity contribution is 6.18. The van der Waals surface area contributed by atoms with Gasteiger partial charge in [-0.1, -0.05) is 0 Å². The van der Waals surface area contributed by atoms with E-state index in [4.69, 9.17) is 46.1 Å². The maximum atomic E-state index is 12.5. The summed E-state index contributed by atoms with van der Waals surface area (Å²) in [5.41, 5.74) is 1.81. The molecule has 5 rings (SSSR count). The lowest BCUT2D eigenvalue weighted by atomic mass is 10.1. The van der Waals surface area contributed by atoms with Crippen LogP contribution in [0.25, 0.3) is 0 Å². The third-order valence-corrected chi connectivity index (χ3v) is 8.90. The van der Waals surface area contributed by atoms with Gasteiger partial charge >= 0.3 is 30.3 Å². The zero-order valence-corrected chi connectivity index (χ0v) is 33.6. The maximum absolute atomic E-state index is 12.5. The molecule has 4 N–H and O–H groups in total. The summed E-state index contributed by atoms with van der Waals surface area (Å²) in [5, 5.41) is 20.4. The number of nitrogens with zero attached hydrogens (tertiary/aromatic N) is 4. The van der Waals surface area contributed by atoms with E-state index in [0.717, 1.165) is 26.2 Å². The molecular weight excluding hydrogens is 764 g/mol. The highest BCUT2D eigenvalue weighted by Gasteiger charge is 2.35. The number of alkyl halides is 1. The van der Waals surface area contributed by atoms with Crippen LogP contribution >= 0.6 is 11.6 Å². The van der Waals surface area contributed by atoms with Gasteiger partial charge in [-0.2, -0.15) is 0 Å². The van der Waals surface area contributed by atoms with Crippen molar-refractivity contribution in [1.82, 2.24) is 20.4 Å². The quantitative estimate of drug-likeness (QED) is 0.0819. The van der Waals surface area contributed by atoms with Crippen LogP contribution in [0, 0.1) is 10.8 Å². The smallest absolute Gasteiger partial charge is 0.414 e. The first-order valence-corrected chi connectivity index (χ1v) is 19.1. The second kappa shape index (κ2) is 20.6. The van der Waals surface area contributed by atoms with Crippen molar-refractivity contribution in [3.05, 3.63) is 59.7 Å². The summed E-state index contributed by atoms with van der Waals surface area (Å²) in [6, 6.07) is 13.4. The Morgan fingerprint density at radius 1 is 0.737 bits per heavy atom. The van der Waals surface area contributed by atoms with E-state index < -0.39 is 30.0 Å². The molecule has 2 unspecified atom stereocenters. The first kappa shape index (κ1) is 44.3. The fourth-order valence-electron chi connectivity index (χ4n) is 5.91. The minimum atomic E-state index is -0.682. The second-order valence-electron chi connectivity index (χ2n) is 14.1. The molecule has 4 amide bonds. The topological polar surface area (TPSA) is 216 Å². The molecule has 3 heterocycles. The average Bonchev–Trinajstić information content (AvgIpc) is 3.73. The fraction of sp³-hybridized carbons (Fsp3) is 0.500. The number of cyclic esters (lactones) is 2. The zero-order valence-electron chi connectivity index (χ0n) is 32.8. The van der Waals surface area contributed by atoms with Gasteiger partial charge in [-0.05, 0) is 83.1 Å². The van der Waals surface area contributed by atoms with Crippen molar-refractivity contribution in [2.45, 2.75) is 52.4 Å². The molecule has 3 fully saturated rings. The number of halogens is 1. The first-order chi connectivity index (χ1) is 27.1. The van der Waals surface area contributed by atoms with Gasteiger partial charge in [-0.3, -0.25) is 45.8 Å². The number of hydrogen-bond donors (Lipinski definition) is 4. The van der Waals surface area contributed by atoms with E-state index in [1.54, 1.807) is 67.3 Å². The van der Waals surface area contributed by atoms with Crippen molar-refractivity contribution in [3.8, 4) is 0 Å². The van der Waals surface area contributed by atoms with Gasteiger partial charge < -0.3 is 23.7 Å². The number of alkyl carbamates (subject to hydrolysis) is 2. The average molecular weight is 815 g/mol. The molecule has 310 valence electrons. The Labute approximate surface area is 336 Å². The Hall–Kier alpha value is -5.46. The van der Waals surface area contributed by atoms with Crippen molar-refractivity contribution < 1.29 is 47.7 Å². The fourth-order valence-corrected chi connectivity index (χ4v) is 6.07. The third-order valence-electron chi connectivity index (χ3n) is 8.56. The molecule has 2 atom stereocenters. The van der Waals surface area contributed by atoms with Crippen LogP contribution < -0.4 is 20.4 Å². The standard InChI is InChI=1S/C24H35N5O6.C14H16ClN3O4/c1-5-33-22(31)26-21(25)17-6-8-18(9-7-17)29-15-19(34-23(29)32)14-27-10-12-28(13-11-27)16-20(30)35-24(2,3)4;1-2-21-13(19)17-12(16)9-3-5-10(6-4-9)18-8-11(7-15)22-14(18)20/h6-9,19H,5,10-16H2,1-4H3,(H2,25,26,31);3-6,11H,2,7-8H2,1H3,(H2,16,17,19). The van der Waals surface area contributed by atoms with Crippen molar-refractivity contribution in [3.63, 3.8) is 0 Å². The number of rotatable bonds is 11. The third kappa shape index (κ3) is 13.6. The molecule has 0 aromatic heterocycles. The van der Waals surface area contributed by atoms with Gasteiger partial charge in [0, 0.05) is 55.2 Å². The zero-order chi connectivity index (χ0) is 41.7. The van der Waals surface area contributed by atoms with E-state index in [-0.39, 0.29) is 55.5 Å². The van der Waals surface area contributed by atoms with Gasteiger partial charge in [0.15, 0.2) is 0 Å². The summed E-state index contributed by atoms with van der Waals surface area (Å²) >= 11 is 5.68. The number of amides is 4. The molecule has 3 aliphatic heterocycles. The number of carbonyl (C=O) groups is 5. The van der Waals surface area contributed by atoms with Gasteiger partial charge in [0.25, 0.3) is 0 Å². The van der Waals surface area contributed by atoms with Crippen LogP contribution in [0.5, 0.6) is 0 Å². The SMILES string of the molecule is CCOC(=O)NC(=N)c1ccc(N2CC(CCl)OC2=O)cc1.CCOC(=O)NC(=N)c1ccc(N2CC(CN3CCN(CC(=O)OC(C)(C)C)CC3)OC2=O)cc1. The van der Waals surface area contributed by atoms with E-state index in [1.165, 1.54) is 4.90 Å². The molecule has 2 aromatic carbocycles. The van der Waals surface area contributed by atoms with Crippen LogP contribution in [0.15, 0.2) is 48.5 Å². The van der Waals surface area contributed by atoms with Crippen LogP contribution in [0.2, 0.25) is 0 Å². The molecule has 3 aliphatic rings. The number of amidine groups is 2. The first-order valence-electron chi connectivity index (χ1n) is 18.5. The van der Waals surface area contributed by atoms with Gasteiger partial charge in [-0.15, -0.1) is 11.6 Å². The van der Waals surface area contributed by atoms with Crippen molar-refractivity contribution in [1.29, 1.82) is 10.8 Å². The highest BCUT2D eigenvalue weighted by Crippen LogP contribution is 2.24. The Morgan fingerprint density at radius 2 is 1.16 bits per heavy atom. The van der Waals surface area contributed by atoms with Crippen LogP contribution in [0.4, 0.5) is 30.6 Å². The van der Waals surface area contributed by atoms with Crippen LogP contribution in [-0.4, -0.2) is 141 Å². The Morgan fingerprint density at radius 3 is 1.56 bits per heavy atom. The maximum Gasteiger partial charge on any atom is 0.414 e. The van der Waals surface area contributed by atoms with Gasteiger partial charge in [0.05, 0.1) is 38.7 Å². The lowest BCUT2D eigenvalue weighted by Gasteiger charge is -2.35. The van der Waals surface area contributed by atoms with E-state index in [1.807, 2.05) is 20.8 Å². The number of piperazine rings is 1. The van der Waals surface area contributed by atoms with Crippen LogP contribution in [-0.2, 0) is 28.5 Å². The normalized spacial score (nSPS) is 18.4. The predicted octanol–water partition coefficient (Wildman–Crippen LogP) is 4.36. The summed E-state index contributed by atoms with van der Waals surface area (Å²) in [6.07, 6.45) is -2.80. The number of hydrogen-bond acceptors (Lipinski definition) is 14. The van der Waals surface area contributed by atoms with E-state index >= 15 is 0 Å². The van der Waals surface area contributed by atoms with Crippen molar-refractivity contribution in [2.24, 2.45) is 0 Å². The molecule has 2 aromatic rings. The van der Waals surface area contributed by atoms with Crippen LogP contribution in [0.3, 0.4) is 0 Å². The monoisotopic (exact) mass is 814 g/mol. The summed E-state index contributed by atoms with van der Waals surface area (Å²) < 4.78 is 25.5. The highest BCUT2D eigenvalue weighted by atomic mass is 35.5. The Bertz CT molecular complexity index is 1750. The summed E-state index contributed by atoms with van der Waals surface area (Å²) in [4.78, 5) is 66.3. The van der Waals surface area contributed by atoms with Gasteiger partial charge in [-0.25, -0.2) is 19.2 Å². The Balaban J connectivity index is 0.000000281. The number of anilines is 2. The molecule has 0 bridgehead atoms. The molecular formula is C38H51ClN8O10. The van der Waals surface area contributed by atoms with Gasteiger partial charge in [0.2, 0.25) is 0 Å². The molecule has 0 spiro atoms. The molecule has 0 radical (unpaired) electrons. The number of nitrogens with one attached hydrogen (secondary N) is 4. The van der Waals surface area contributed by atoms with Crippen molar-refractivity contribution in [2.75, 3.05) is 81.3 Å². The number of carbonyl (C=O) groups excluding carboxylic acids is 5. The minimum absolute atomic E-state index is 0.0763. The Kier molecular flexibility index (Phi) is 16.0.